The Kier molecular flexibility index (Phi) is 2.57. The second kappa shape index (κ2) is 3.85. The van der Waals surface area contributed by atoms with Crippen LogP contribution in [0.2, 0.25) is 0 Å². The van der Waals surface area contributed by atoms with E-state index in [4.69, 9.17) is 0 Å². The Balaban J connectivity index is 2.08. The highest BCUT2D eigenvalue weighted by atomic mass is 16.3. The molecule has 0 radical (unpaired) electrons. The molecule has 1 fully saturated rings. The van der Waals surface area contributed by atoms with Crippen molar-refractivity contribution in [3.63, 3.8) is 0 Å². The minimum absolute atomic E-state index is 0.212. The van der Waals surface area contributed by atoms with E-state index >= 15 is 0 Å². The van der Waals surface area contributed by atoms with Crippen LogP contribution >= 0.6 is 0 Å². The van der Waals surface area contributed by atoms with Gasteiger partial charge in [0.2, 0.25) is 0 Å². The van der Waals surface area contributed by atoms with Crippen LogP contribution in [0.15, 0.2) is 24.5 Å². The van der Waals surface area contributed by atoms with Crippen molar-refractivity contribution in [1.29, 1.82) is 0 Å². The third kappa shape index (κ3) is 1.87. The molecular weight excluding hydrogens is 164 g/mol. The van der Waals surface area contributed by atoms with E-state index in [1.54, 1.807) is 12.4 Å². The summed E-state index contributed by atoms with van der Waals surface area (Å²) in [5.41, 5.74) is 0.905. The monoisotopic (exact) mass is 178 g/mol. The van der Waals surface area contributed by atoms with Crippen molar-refractivity contribution in [3.8, 4) is 0 Å². The maximum absolute atomic E-state index is 9.92. The lowest BCUT2D eigenvalue weighted by atomic mass is 10.0. The fourth-order valence-corrected chi connectivity index (χ4v) is 1.76. The zero-order valence-electron chi connectivity index (χ0n) is 7.48. The maximum Gasteiger partial charge on any atom is 0.0957 e. The van der Waals surface area contributed by atoms with E-state index in [1.807, 2.05) is 12.1 Å². The molecule has 0 bridgehead atoms. The molecule has 0 aromatic carbocycles. The number of aliphatic hydroxyl groups is 1. The van der Waals surface area contributed by atoms with Crippen LogP contribution in [-0.2, 0) is 0 Å². The topological polar surface area (TPSA) is 45.2 Å². The zero-order chi connectivity index (χ0) is 9.10. The molecule has 1 aliphatic rings. The SMILES string of the molecule is O[C@H](c1cccnc1)[C@H]1CCCN1. The van der Waals surface area contributed by atoms with E-state index in [2.05, 4.69) is 10.3 Å². The number of nitrogens with one attached hydrogen (secondary N) is 1. The minimum Gasteiger partial charge on any atom is -0.387 e. The van der Waals surface area contributed by atoms with Gasteiger partial charge >= 0.3 is 0 Å². The molecule has 2 atom stereocenters. The van der Waals surface area contributed by atoms with Crippen LogP contribution in [0.1, 0.15) is 24.5 Å². The Hall–Kier alpha value is -0.930. The van der Waals surface area contributed by atoms with Gasteiger partial charge in [-0.05, 0) is 25.5 Å². The van der Waals surface area contributed by atoms with Crippen molar-refractivity contribution >= 4 is 0 Å². The molecule has 70 valence electrons. The van der Waals surface area contributed by atoms with E-state index in [9.17, 15) is 5.11 Å². The number of rotatable bonds is 2. The van der Waals surface area contributed by atoms with E-state index in [0.717, 1.165) is 24.9 Å². The molecule has 0 aliphatic carbocycles. The molecule has 13 heavy (non-hydrogen) atoms. The Morgan fingerprint density at radius 1 is 1.62 bits per heavy atom. The first-order valence-electron chi connectivity index (χ1n) is 4.69. The summed E-state index contributed by atoms with van der Waals surface area (Å²) in [7, 11) is 0. The molecule has 2 rings (SSSR count). The van der Waals surface area contributed by atoms with Crippen LogP contribution in [0.25, 0.3) is 0 Å². The average Bonchev–Trinajstić information content (AvgIpc) is 2.71. The summed E-state index contributed by atoms with van der Waals surface area (Å²) < 4.78 is 0. The van der Waals surface area contributed by atoms with Gasteiger partial charge in [-0.15, -0.1) is 0 Å². The smallest absolute Gasteiger partial charge is 0.0957 e. The Morgan fingerprint density at radius 3 is 3.15 bits per heavy atom. The van der Waals surface area contributed by atoms with Crippen LogP contribution in [0.4, 0.5) is 0 Å². The van der Waals surface area contributed by atoms with Crippen molar-refractivity contribution < 1.29 is 5.11 Å². The van der Waals surface area contributed by atoms with Gasteiger partial charge in [-0.2, -0.15) is 0 Å². The second-order valence-corrected chi connectivity index (χ2v) is 3.43. The number of pyridine rings is 1. The third-order valence-electron chi connectivity index (χ3n) is 2.51. The molecule has 1 saturated heterocycles. The molecule has 3 nitrogen and oxygen atoms in total. The van der Waals surface area contributed by atoms with Crippen molar-refractivity contribution in [1.82, 2.24) is 10.3 Å². The fourth-order valence-electron chi connectivity index (χ4n) is 1.76. The summed E-state index contributed by atoms with van der Waals surface area (Å²) in [4.78, 5) is 3.99. The summed E-state index contributed by atoms with van der Waals surface area (Å²) in [5, 5.41) is 13.2. The highest BCUT2D eigenvalue weighted by molar-refractivity contribution is 5.14. The second-order valence-electron chi connectivity index (χ2n) is 3.43. The molecule has 2 N–H and O–H groups in total. The standard InChI is InChI=1S/C10H14N2O/c13-10(9-4-2-6-12-9)8-3-1-5-11-7-8/h1,3,5,7,9-10,12-13H,2,4,6H2/t9-,10-/m1/s1. The van der Waals surface area contributed by atoms with Gasteiger partial charge in [0.25, 0.3) is 0 Å². The van der Waals surface area contributed by atoms with E-state index < -0.39 is 6.10 Å². The van der Waals surface area contributed by atoms with Gasteiger partial charge in [-0.3, -0.25) is 4.98 Å². The summed E-state index contributed by atoms with van der Waals surface area (Å²) in [6.07, 6.45) is 5.25. The quantitative estimate of drug-likeness (QED) is 0.706. The van der Waals surface area contributed by atoms with Gasteiger partial charge in [0.15, 0.2) is 0 Å². The summed E-state index contributed by atoms with van der Waals surface area (Å²) >= 11 is 0. The Labute approximate surface area is 77.8 Å². The molecule has 2 heterocycles. The molecule has 1 aromatic rings. The molecule has 1 aliphatic heterocycles. The predicted octanol–water partition coefficient (Wildman–Crippen LogP) is 0.867. The number of hydrogen-bond acceptors (Lipinski definition) is 3. The number of aliphatic hydroxyl groups excluding tert-OH is 1. The van der Waals surface area contributed by atoms with Gasteiger partial charge in [0.1, 0.15) is 0 Å². The number of nitrogens with zero attached hydrogens (tertiary/aromatic N) is 1. The van der Waals surface area contributed by atoms with Gasteiger partial charge in [-0.25, -0.2) is 0 Å². The van der Waals surface area contributed by atoms with Crippen molar-refractivity contribution in [2.45, 2.75) is 25.0 Å². The Bertz CT molecular complexity index is 257. The molecular formula is C10H14N2O. The maximum atomic E-state index is 9.92. The lowest BCUT2D eigenvalue weighted by Crippen LogP contribution is -2.28. The first kappa shape index (κ1) is 8.66. The first-order chi connectivity index (χ1) is 6.38. The van der Waals surface area contributed by atoms with Crippen molar-refractivity contribution in [2.75, 3.05) is 6.54 Å². The summed E-state index contributed by atoms with van der Waals surface area (Å²) in [6, 6.07) is 3.98. The molecule has 0 spiro atoms. The van der Waals surface area contributed by atoms with Crippen LogP contribution in [0, 0.1) is 0 Å². The molecule has 0 unspecified atom stereocenters. The van der Waals surface area contributed by atoms with Gasteiger partial charge < -0.3 is 10.4 Å². The van der Waals surface area contributed by atoms with Crippen LogP contribution < -0.4 is 5.32 Å². The lowest BCUT2D eigenvalue weighted by molar-refractivity contribution is 0.137. The molecule has 1 aromatic heterocycles. The predicted molar refractivity (Wildman–Crippen MR) is 50.2 cm³/mol. The van der Waals surface area contributed by atoms with Gasteiger partial charge in [0, 0.05) is 24.0 Å². The average molecular weight is 178 g/mol. The van der Waals surface area contributed by atoms with E-state index in [-0.39, 0.29) is 6.04 Å². The number of aromatic nitrogens is 1. The molecule has 0 amide bonds. The largest absolute Gasteiger partial charge is 0.387 e. The minimum atomic E-state index is -0.406. The Morgan fingerprint density at radius 2 is 2.54 bits per heavy atom. The third-order valence-corrected chi connectivity index (χ3v) is 2.51. The van der Waals surface area contributed by atoms with E-state index in [0.29, 0.717) is 0 Å². The fraction of sp³-hybridized carbons (Fsp3) is 0.500. The summed E-state index contributed by atoms with van der Waals surface area (Å²) in [5.74, 6) is 0. The highest BCUT2D eigenvalue weighted by Gasteiger charge is 2.23. The number of hydrogen-bond donors (Lipinski definition) is 2. The van der Waals surface area contributed by atoms with Crippen molar-refractivity contribution in [3.05, 3.63) is 30.1 Å². The van der Waals surface area contributed by atoms with E-state index in [1.165, 1.54) is 0 Å². The van der Waals surface area contributed by atoms with Gasteiger partial charge in [-0.1, -0.05) is 6.07 Å². The first-order valence-corrected chi connectivity index (χ1v) is 4.69. The zero-order valence-corrected chi connectivity index (χ0v) is 7.48. The molecule has 0 saturated carbocycles. The van der Waals surface area contributed by atoms with Crippen molar-refractivity contribution in [2.24, 2.45) is 0 Å². The van der Waals surface area contributed by atoms with Crippen LogP contribution in [-0.4, -0.2) is 22.7 Å². The summed E-state index contributed by atoms with van der Waals surface area (Å²) in [6.45, 7) is 1.02. The normalized spacial score (nSPS) is 24.5. The van der Waals surface area contributed by atoms with Gasteiger partial charge in [0.05, 0.1) is 6.10 Å². The van der Waals surface area contributed by atoms with Crippen LogP contribution in [0.3, 0.4) is 0 Å². The lowest BCUT2D eigenvalue weighted by Gasteiger charge is -2.17. The molecule has 3 heteroatoms. The van der Waals surface area contributed by atoms with Crippen LogP contribution in [0.5, 0.6) is 0 Å². The highest BCUT2D eigenvalue weighted by Crippen LogP contribution is 2.21.